The molecule has 0 aliphatic heterocycles. The van der Waals surface area contributed by atoms with Crippen molar-refractivity contribution in [2.45, 2.75) is 26.8 Å². The average Bonchev–Trinajstić information content (AvgIpc) is 3.02. The molecule has 0 saturated carbocycles. The predicted molar refractivity (Wildman–Crippen MR) is 83.3 cm³/mol. The van der Waals surface area contributed by atoms with E-state index in [0.29, 0.717) is 17.4 Å². The first-order chi connectivity index (χ1) is 10.6. The fourth-order valence-electron chi connectivity index (χ4n) is 2.25. The van der Waals surface area contributed by atoms with Crippen LogP contribution in [0.3, 0.4) is 0 Å². The molecule has 1 atom stereocenters. The SMILES string of the molecule is Cc1cccc(C)c1NC(C)c1nc(-c2cnccn2)no1. The van der Waals surface area contributed by atoms with Crippen LogP contribution in [0, 0.1) is 13.8 Å². The Balaban J connectivity index is 1.82. The first kappa shape index (κ1) is 14.2. The van der Waals surface area contributed by atoms with Gasteiger partial charge >= 0.3 is 0 Å². The summed E-state index contributed by atoms with van der Waals surface area (Å²) in [4.78, 5) is 12.6. The zero-order valence-electron chi connectivity index (χ0n) is 12.7. The Morgan fingerprint density at radius 1 is 1.14 bits per heavy atom. The molecule has 1 unspecified atom stereocenters. The number of anilines is 1. The molecule has 0 fully saturated rings. The molecule has 0 spiro atoms. The topological polar surface area (TPSA) is 76.7 Å². The van der Waals surface area contributed by atoms with E-state index in [1.165, 1.54) is 11.1 Å². The molecule has 0 amide bonds. The Bertz CT molecular complexity index is 749. The highest BCUT2D eigenvalue weighted by atomic mass is 16.5. The Morgan fingerprint density at radius 2 is 1.91 bits per heavy atom. The molecule has 3 rings (SSSR count). The molecule has 3 aromatic rings. The summed E-state index contributed by atoms with van der Waals surface area (Å²) in [6.45, 7) is 6.13. The lowest BCUT2D eigenvalue weighted by Crippen LogP contribution is -2.09. The van der Waals surface area contributed by atoms with Crippen molar-refractivity contribution in [2.75, 3.05) is 5.32 Å². The zero-order chi connectivity index (χ0) is 15.5. The zero-order valence-corrected chi connectivity index (χ0v) is 12.7. The van der Waals surface area contributed by atoms with Crippen molar-refractivity contribution in [2.24, 2.45) is 0 Å². The van der Waals surface area contributed by atoms with Crippen LogP contribution in [0.15, 0.2) is 41.3 Å². The summed E-state index contributed by atoms with van der Waals surface area (Å²) in [5, 5.41) is 7.39. The van der Waals surface area contributed by atoms with Crippen LogP contribution in [0.4, 0.5) is 5.69 Å². The summed E-state index contributed by atoms with van der Waals surface area (Å²) in [5.74, 6) is 0.960. The molecule has 0 radical (unpaired) electrons. The first-order valence-electron chi connectivity index (χ1n) is 7.08. The van der Waals surface area contributed by atoms with Crippen LogP contribution in [0.1, 0.15) is 30.0 Å². The second kappa shape index (κ2) is 5.93. The van der Waals surface area contributed by atoms with Gasteiger partial charge in [0, 0.05) is 18.1 Å². The Labute approximate surface area is 128 Å². The maximum atomic E-state index is 5.34. The minimum atomic E-state index is -0.0993. The van der Waals surface area contributed by atoms with Crippen molar-refractivity contribution in [3.63, 3.8) is 0 Å². The van der Waals surface area contributed by atoms with Crippen LogP contribution in [0.2, 0.25) is 0 Å². The van der Waals surface area contributed by atoms with E-state index in [-0.39, 0.29) is 6.04 Å². The van der Waals surface area contributed by atoms with Gasteiger partial charge in [-0.05, 0) is 31.9 Å². The highest BCUT2D eigenvalue weighted by Crippen LogP contribution is 2.25. The fourth-order valence-corrected chi connectivity index (χ4v) is 2.25. The number of aryl methyl sites for hydroxylation is 2. The van der Waals surface area contributed by atoms with Gasteiger partial charge < -0.3 is 9.84 Å². The third-order valence-electron chi connectivity index (χ3n) is 3.45. The molecule has 0 bridgehead atoms. The molecule has 0 saturated heterocycles. The lowest BCUT2D eigenvalue weighted by molar-refractivity contribution is 0.367. The number of para-hydroxylation sites is 1. The molecule has 0 aliphatic carbocycles. The summed E-state index contributed by atoms with van der Waals surface area (Å²) >= 11 is 0. The molecule has 22 heavy (non-hydrogen) atoms. The quantitative estimate of drug-likeness (QED) is 0.795. The molecule has 112 valence electrons. The van der Waals surface area contributed by atoms with Crippen molar-refractivity contribution in [3.8, 4) is 11.5 Å². The van der Waals surface area contributed by atoms with Crippen LogP contribution in [0.5, 0.6) is 0 Å². The van der Waals surface area contributed by atoms with Gasteiger partial charge in [0.05, 0.1) is 6.20 Å². The van der Waals surface area contributed by atoms with Crippen molar-refractivity contribution >= 4 is 5.69 Å². The van der Waals surface area contributed by atoms with Gasteiger partial charge in [-0.25, -0.2) is 4.98 Å². The predicted octanol–water partition coefficient (Wildman–Crippen LogP) is 3.32. The molecule has 6 nitrogen and oxygen atoms in total. The maximum Gasteiger partial charge on any atom is 0.249 e. The molecular formula is C16H17N5O. The lowest BCUT2D eigenvalue weighted by atomic mass is 10.1. The van der Waals surface area contributed by atoms with Gasteiger partial charge in [0.1, 0.15) is 11.7 Å². The van der Waals surface area contributed by atoms with Gasteiger partial charge in [-0.15, -0.1) is 0 Å². The van der Waals surface area contributed by atoms with Crippen molar-refractivity contribution in [1.29, 1.82) is 0 Å². The van der Waals surface area contributed by atoms with Crippen molar-refractivity contribution in [3.05, 3.63) is 53.8 Å². The smallest absolute Gasteiger partial charge is 0.249 e. The van der Waals surface area contributed by atoms with E-state index in [1.807, 2.05) is 13.0 Å². The fraction of sp³-hybridized carbons (Fsp3) is 0.250. The van der Waals surface area contributed by atoms with Gasteiger partial charge in [0.25, 0.3) is 0 Å². The summed E-state index contributed by atoms with van der Waals surface area (Å²) in [5.41, 5.74) is 4.05. The average molecular weight is 295 g/mol. The summed E-state index contributed by atoms with van der Waals surface area (Å²) in [6.07, 6.45) is 4.82. The Hall–Kier alpha value is -2.76. The van der Waals surface area contributed by atoms with Crippen molar-refractivity contribution < 1.29 is 4.52 Å². The first-order valence-corrected chi connectivity index (χ1v) is 7.08. The highest BCUT2D eigenvalue weighted by molar-refractivity contribution is 5.57. The maximum absolute atomic E-state index is 5.34. The molecule has 2 aromatic heterocycles. The van der Waals surface area contributed by atoms with E-state index >= 15 is 0 Å². The second-order valence-electron chi connectivity index (χ2n) is 5.18. The summed E-state index contributed by atoms with van der Waals surface area (Å²) in [7, 11) is 0. The lowest BCUT2D eigenvalue weighted by Gasteiger charge is -2.15. The molecular weight excluding hydrogens is 278 g/mol. The molecule has 0 aliphatic rings. The summed E-state index contributed by atoms with van der Waals surface area (Å²) < 4.78 is 5.34. The third-order valence-corrected chi connectivity index (χ3v) is 3.45. The monoisotopic (exact) mass is 295 g/mol. The molecule has 2 heterocycles. The van der Waals surface area contributed by atoms with Crippen LogP contribution >= 0.6 is 0 Å². The van der Waals surface area contributed by atoms with Gasteiger partial charge in [0.15, 0.2) is 0 Å². The number of nitrogens with zero attached hydrogens (tertiary/aromatic N) is 4. The van der Waals surface area contributed by atoms with E-state index in [9.17, 15) is 0 Å². The third kappa shape index (κ3) is 2.81. The van der Waals surface area contributed by atoms with Gasteiger partial charge in [-0.2, -0.15) is 4.98 Å². The van der Waals surface area contributed by atoms with Gasteiger partial charge in [-0.3, -0.25) is 4.98 Å². The van der Waals surface area contributed by atoms with Gasteiger partial charge in [-0.1, -0.05) is 23.4 Å². The van der Waals surface area contributed by atoms with Crippen molar-refractivity contribution in [1.82, 2.24) is 20.1 Å². The second-order valence-corrected chi connectivity index (χ2v) is 5.18. The minimum absolute atomic E-state index is 0.0993. The van der Waals surface area contributed by atoms with Crippen LogP contribution < -0.4 is 5.32 Å². The van der Waals surface area contributed by atoms with E-state index in [1.54, 1.807) is 18.6 Å². The molecule has 1 aromatic carbocycles. The number of hydrogen-bond acceptors (Lipinski definition) is 6. The molecule has 1 N–H and O–H groups in total. The number of hydrogen-bond donors (Lipinski definition) is 1. The van der Waals surface area contributed by atoms with E-state index in [4.69, 9.17) is 4.52 Å². The number of benzene rings is 1. The van der Waals surface area contributed by atoms with E-state index in [2.05, 4.69) is 51.4 Å². The van der Waals surface area contributed by atoms with Crippen LogP contribution in [0.25, 0.3) is 11.5 Å². The van der Waals surface area contributed by atoms with Crippen LogP contribution in [-0.4, -0.2) is 20.1 Å². The highest BCUT2D eigenvalue weighted by Gasteiger charge is 2.17. The number of aromatic nitrogens is 4. The number of rotatable bonds is 4. The Morgan fingerprint density at radius 3 is 2.59 bits per heavy atom. The normalized spacial score (nSPS) is 12.1. The standard InChI is InChI=1S/C16H17N5O/c1-10-5-4-6-11(2)14(10)19-12(3)16-20-15(21-22-16)13-9-17-7-8-18-13/h4-9,12,19H,1-3H3. The largest absolute Gasteiger partial charge is 0.373 e. The van der Waals surface area contributed by atoms with Crippen LogP contribution in [-0.2, 0) is 0 Å². The minimum Gasteiger partial charge on any atom is -0.373 e. The van der Waals surface area contributed by atoms with Gasteiger partial charge in [0.2, 0.25) is 11.7 Å². The Kier molecular flexibility index (Phi) is 3.82. The van der Waals surface area contributed by atoms with E-state index in [0.717, 1.165) is 5.69 Å². The number of nitrogens with one attached hydrogen (secondary N) is 1. The summed E-state index contributed by atoms with van der Waals surface area (Å²) in [6, 6.07) is 6.08. The van der Waals surface area contributed by atoms with E-state index < -0.39 is 0 Å². The molecule has 6 heteroatoms.